The SMILES string of the molecule is COc1c(C2(N=C=O)CCC2)ccc(F)c1Cl. The van der Waals surface area contributed by atoms with Gasteiger partial charge < -0.3 is 4.74 Å². The van der Waals surface area contributed by atoms with Gasteiger partial charge in [-0.15, -0.1) is 0 Å². The molecule has 0 atom stereocenters. The van der Waals surface area contributed by atoms with Gasteiger partial charge in [-0.05, 0) is 31.4 Å². The van der Waals surface area contributed by atoms with Gasteiger partial charge in [0.25, 0.3) is 0 Å². The Morgan fingerprint density at radius 1 is 1.53 bits per heavy atom. The molecule has 1 aromatic rings. The van der Waals surface area contributed by atoms with Crippen molar-refractivity contribution >= 4 is 17.7 Å². The van der Waals surface area contributed by atoms with Crippen LogP contribution < -0.4 is 4.74 Å². The minimum Gasteiger partial charge on any atom is -0.495 e. The molecular weight excluding hydrogens is 245 g/mol. The van der Waals surface area contributed by atoms with Crippen LogP contribution in [0.25, 0.3) is 0 Å². The van der Waals surface area contributed by atoms with Crippen LogP contribution >= 0.6 is 11.6 Å². The van der Waals surface area contributed by atoms with Crippen molar-refractivity contribution in [3.8, 4) is 5.75 Å². The predicted octanol–water partition coefficient (Wildman–Crippen LogP) is 3.20. The summed E-state index contributed by atoms with van der Waals surface area (Å²) in [5, 5.41) is -0.0719. The molecule has 1 aliphatic rings. The van der Waals surface area contributed by atoms with Crippen LogP contribution in [0.15, 0.2) is 17.1 Å². The molecule has 0 bridgehead atoms. The highest BCUT2D eigenvalue weighted by atomic mass is 35.5. The summed E-state index contributed by atoms with van der Waals surface area (Å²) >= 11 is 5.85. The zero-order chi connectivity index (χ0) is 12.5. The number of methoxy groups -OCH3 is 1. The lowest BCUT2D eigenvalue weighted by Crippen LogP contribution is -2.32. The van der Waals surface area contributed by atoms with E-state index in [0.717, 1.165) is 19.3 Å². The van der Waals surface area contributed by atoms with Crippen molar-refractivity contribution in [1.82, 2.24) is 0 Å². The molecule has 0 amide bonds. The zero-order valence-corrected chi connectivity index (χ0v) is 10.1. The lowest BCUT2D eigenvalue weighted by Gasteiger charge is -2.38. The van der Waals surface area contributed by atoms with Gasteiger partial charge in [0.05, 0.1) is 7.11 Å². The third-order valence-electron chi connectivity index (χ3n) is 3.20. The second-order valence-corrected chi connectivity index (χ2v) is 4.41. The topological polar surface area (TPSA) is 38.7 Å². The largest absolute Gasteiger partial charge is 0.495 e. The molecule has 1 saturated carbocycles. The summed E-state index contributed by atoms with van der Waals surface area (Å²) in [4.78, 5) is 14.3. The molecule has 0 unspecified atom stereocenters. The summed E-state index contributed by atoms with van der Waals surface area (Å²) in [6, 6.07) is 2.83. The Bertz CT molecular complexity index is 494. The van der Waals surface area contributed by atoms with Crippen LogP contribution in [-0.4, -0.2) is 13.2 Å². The highest BCUT2D eigenvalue weighted by Crippen LogP contribution is 2.49. The van der Waals surface area contributed by atoms with E-state index in [9.17, 15) is 9.18 Å². The maximum atomic E-state index is 13.3. The lowest BCUT2D eigenvalue weighted by atomic mass is 9.72. The van der Waals surface area contributed by atoms with E-state index >= 15 is 0 Å². The number of aliphatic imine (C=N–C) groups is 1. The standard InChI is InChI=1S/C12H11ClFNO2/c1-17-11-8(3-4-9(14)10(11)13)12(15-7-16)5-2-6-12/h3-4H,2,5-6H2,1H3. The fourth-order valence-electron chi connectivity index (χ4n) is 2.14. The summed E-state index contributed by atoms with van der Waals surface area (Å²) in [7, 11) is 1.42. The summed E-state index contributed by atoms with van der Waals surface area (Å²) in [5.74, 6) is -0.290. The number of ether oxygens (including phenoxy) is 1. The molecule has 0 saturated heterocycles. The van der Waals surface area contributed by atoms with Gasteiger partial charge in [0.2, 0.25) is 6.08 Å². The van der Waals surface area contributed by atoms with Crippen LogP contribution in [0.5, 0.6) is 5.75 Å². The average Bonchev–Trinajstić information content (AvgIpc) is 2.27. The molecule has 1 aromatic carbocycles. The van der Waals surface area contributed by atoms with Crippen molar-refractivity contribution in [2.24, 2.45) is 4.99 Å². The molecule has 0 aliphatic heterocycles. The smallest absolute Gasteiger partial charge is 0.235 e. The first-order chi connectivity index (χ1) is 8.14. The van der Waals surface area contributed by atoms with Gasteiger partial charge >= 0.3 is 0 Å². The van der Waals surface area contributed by atoms with Gasteiger partial charge in [0, 0.05) is 5.56 Å². The van der Waals surface area contributed by atoms with Crippen LogP contribution in [0.3, 0.4) is 0 Å². The van der Waals surface area contributed by atoms with E-state index in [-0.39, 0.29) is 10.8 Å². The summed E-state index contributed by atoms with van der Waals surface area (Å²) in [6.45, 7) is 0. The molecule has 1 aliphatic carbocycles. The summed E-state index contributed by atoms with van der Waals surface area (Å²) < 4.78 is 18.4. The minimum atomic E-state index is -0.634. The van der Waals surface area contributed by atoms with Crippen LogP contribution in [0.1, 0.15) is 24.8 Å². The van der Waals surface area contributed by atoms with Crippen molar-refractivity contribution in [3.63, 3.8) is 0 Å². The van der Waals surface area contributed by atoms with Crippen molar-refractivity contribution in [1.29, 1.82) is 0 Å². The quantitative estimate of drug-likeness (QED) is 0.615. The number of carbonyl (C=O) groups excluding carboxylic acids is 1. The van der Waals surface area contributed by atoms with Gasteiger partial charge in [0.1, 0.15) is 22.1 Å². The number of rotatable bonds is 3. The Morgan fingerprint density at radius 3 is 2.71 bits per heavy atom. The van der Waals surface area contributed by atoms with Crippen LogP contribution in [0.2, 0.25) is 5.02 Å². The number of benzene rings is 1. The Hall–Kier alpha value is -1.38. The monoisotopic (exact) mass is 255 g/mol. The molecule has 90 valence electrons. The van der Waals surface area contributed by atoms with Crippen molar-refractivity contribution in [2.45, 2.75) is 24.8 Å². The maximum absolute atomic E-state index is 13.3. The Kier molecular flexibility index (Phi) is 3.18. The van der Waals surface area contributed by atoms with Crippen LogP contribution in [0, 0.1) is 5.82 Å². The molecule has 1 fully saturated rings. The fraction of sp³-hybridized carbons (Fsp3) is 0.417. The van der Waals surface area contributed by atoms with Crippen LogP contribution in [0.4, 0.5) is 4.39 Å². The molecule has 2 rings (SSSR count). The van der Waals surface area contributed by atoms with Crippen molar-refractivity contribution < 1.29 is 13.9 Å². The fourth-order valence-corrected chi connectivity index (χ4v) is 2.38. The molecule has 5 heteroatoms. The number of nitrogens with zero attached hydrogens (tertiary/aromatic N) is 1. The first kappa shape index (κ1) is 12.1. The summed E-state index contributed by atoms with van der Waals surface area (Å²) in [5.41, 5.74) is 0.0192. The van der Waals surface area contributed by atoms with E-state index in [1.165, 1.54) is 13.2 Å². The predicted molar refractivity (Wildman–Crippen MR) is 61.6 cm³/mol. The molecule has 0 aromatic heterocycles. The van der Waals surface area contributed by atoms with Gasteiger partial charge in [-0.25, -0.2) is 9.18 Å². The number of hydrogen-bond acceptors (Lipinski definition) is 3. The zero-order valence-electron chi connectivity index (χ0n) is 9.30. The first-order valence-corrected chi connectivity index (χ1v) is 5.64. The highest BCUT2D eigenvalue weighted by molar-refractivity contribution is 6.32. The van der Waals surface area contributed by atoms with Crippen molar-refractivity contribution in [2.75, 3.05) is 7.11 Å². The molecule has 17 heavy (non-hydrogen) atoms. The molecule has 0 spiro atoms. The number of hydrogen-bond donors (Lipinski definition) is 0. The summed E-state index contributed by atoms with van der Waals surface area (Å²) in [6.07, 6.45) is 3.98. The number of isocyanates is 1. The van der Waals surface area contributed by atoms with Crippen LogP contribution in [-0.2, 0) is 10.3 Å². The minimum absolute atomic E-state index is 0.0719. The second kappa shape index (κ2) is 4.47. The van der Waals surface area contributed by atoms with E-state index in [4.69, 9.17) is 16.3 Å². The highest BCUT2D eigenvalue weighted by Gasteiger charge is 2.41. The van der Waals surface area contributed by atoms with E-state index in [1.54, 1.807) is 12.1 Å². The normalized spacial score (nSPS) is 16.9. The van der Waals surface area contributed by atoms with Gasteiger partial charge in [0.15, 0.2) is 0 Å². The molecular formula is C12H11ClFNO2. The first-order valence-electron chi connectivity index (χ1n) is 5.26. The Morgan fingerprint density at radius 2 is 2.24 bits per heavy atom. The lowest BCUT2D eigenvalue weighted by molar-refractivity contribution is 0.245. The van der Waals surface area contributed by atoms with Gasteiger partial charge in [-0.2, -0.15) is 4.99 Å². The Labute approximate surface area is 103 Å². The maximum Gasteiger partial charge on any atom is 0.235 e. The molecule has 0 N–H and O–H groups in total. The van der Waals surface area contributed by atoms with E-state index in [0.29, 0.717) is 5.56 Å². The van der Waals surface area contributed by atoms with E-state index in [1.807, 2.05) is 0 Å². The van der Waals surface area contributed by atoms with E-state index < -0.39 is 11.4 Å². The molecule has 3 nitrogen and oxygen atoms in total. The van der Waals surface area contributed by atoms with Crippen molar-refractivity contribution in [3.05, 3.63) is 28.5 Å². The third-order valence-corrected chi connectivity index (χ3v) is 3.55. The van der Waals surface area contributed by atoms with Gasteiger partial charge in [-0.1, -0.05) is 11.6 Å². The third kappa shape index (κ3) is 1.84. The number of halogens is 2. The van der Waals surface area contributed by atoms with Gasteiger partial charge in [-0.3, -0.25) is 0 Å². The average molecular weight is 256 g/mol. The second-order valence-electron chi connectivity index (χ2n) is 4.03. The molecule has 0 radical (unpaired) electrons. The van der Waals surface area contributed by atoms with E-state index in [2.05, 4.69) is 4.99 Å². The molecule has 0 heterocycles. The Balaban J connectivity index is 2.58.